The molecule has 0 saturated carbocycles. The maximum absolute atomic E-state index is 5.06. The maximum Gasteiger partial charge on any atom is 0.208 e. The van der Waals surface area contributed by atoms with Crippen molar-refractivity contribution in [2.75, 3.05) is 23.3 Å². The number of rotatable bonds is 4. The molecule has 5 rings (SSSR count). The van der Waals surface area contributed by atoms with Gasteiger partial charge in [-0.25, -0.2) is 4.98 Å². The van der Waals surface area contributed by atoms with Crippen molar-refractivity contribution in [3.8, 4) is 0 Å². The van der Waals surface area contributed by atoms with Crippen LogP contribution in [0.4, 0.5) is 10.3 Å². The first-order valence-electron chi connectivity index (χ1n) is 10.1. The third-order valence-corrected chi connectivity index (χ3v) is 7.73. The molecule has 2 aromatic heterocycles. The van der Waals surface area contributed by atoms with Gasteiger partial charge in [0.05, 0.1) is 5.69 Å². The molecular weight excluding hydrogens is 386 g/mol. The number of aryl methyl sites for hydroxylation is 2. The largest absolute Gasteiger partial charge is 0.359 e. The van der Waals surface area contributed by atoms with Crippen molar-refractivity contribution in [2.24, 2.45) is 0 Å². The lowest BCUT2D eigenvalue weighted by atomic mass is 9.85. The Kier molecular flexibility index (Phi) is 5.03. The predicted molar refractivity (Wildman–Crippen MR) is 117 cm³/mol. The lowest BCUT2D eigenvalue weighted by Gasteiger charge is -2.31. The summed E-state index contributed by atoms with van der Waals surface area (Å²) in [6.07, 6.45) is 5.87. The maximum atomic E-state index is 5.06. The summed E-state index contributed by atoms with van der Waals surface area (Å²) in [5.41, 5.74) is 2.72. The molecule has 5 nitrogen and oxygen atoms in total. The molecule has 0 bridgehead atoms. The van der Waals surface area contributed by atoms with Gasteiger partial charge in [0.2, 0.25) is 5.13 Å². The number of thiazole rings is 1. The number of hydrogen-bond donors (Lipinski definition) is 1. The van der Waals surface area contributed by atoms with Gasteiger partial charge >= 0.3 is 0 Å². The highest BCUT2D eigenvalue weighted by molar-refractivity contribution is 7.15. The zero-order chi connectivity index (χ0) is 18.9. The SMILES string of the molecule is Cc1nnc(N2CCC(Nc3nc4c(s3)CCCC4c3ccccc3)CC2)s1. The van der Waals surface area contributed by atoms with Crippen LogP contribution in [0.15, 0.2) is 30.3 Å². The molecule has 146 valence electrons. The molecule has 0 radical (unpaired) electrons. The summed E-state index contributed by atoms with van der Waals surface area (Å²) in [5.74, 6) is 0.458. The van der Waals surface area contributed by atoms with Gasteiger partial charge in [0.25, 0.3) is 0 Å². The second-order valence-corrected chi connectivity index (χ2v) is 9.94. The summed E-state index contributed by atoms with van der Waals surface area (Å²) in [4.78, 5) is 8.90. The summed E-state index contributed by atoms with van der Waals surface area (Å²) < 4.78 is 0. The van der Waals surface area contributed by atoms with Crippen LogP contribution >= 0.6 is 22.7 Å². The molecule has 1 aliphatic carbocycles. The van der Waals surface area contributed by atoms with Crippen LogP contribution in [-0.4, -0.2) is 34.3 Å². The smallest absolute Gasteiger partial charge is 0.208 e. The van der Waals surface area contributed by atoms with E-state index in [4.69, 9.17) is 4.98 Å². The minimum atomic E-state index is 0.458. The number of nitrogens with one attached hydrogen (secondary N) is 1. The number of nitrogens with zero attached hydrogens (tertiary/aromatic N) is 4. The van der Waals surface area contributed by atoms with Gasteiger partial charge in [-0.1, -0.05) is 41.7 Å². The molecule has 1 fully saturated rings. The highest BCUT2D eigenvalue weighted by atomic mass is 32.1. The normalized spacial score (nSPS) is 20.2. The second-order valence-electron chi connectivity index (χ2n) is 7.69. The van der Waals surface area contributed by atoms with Crippen molar-refractivity contribution in [3.05, 3.63) is 51.5 Å². The molecule has 1 aliphatic heterocycles. The van der Waals surface area contributed by atoms with E-state index < -0.39 is 0 Å². The first kappa shape index (κ1) is 18.1. The van der Waals surface area contributed by atoms with Crippen LogP contribution in [0, 0.1) is 6.92 Å². The van der Waals surface area contributed by atoms with E-state index in [0.717, 1.165) is 41.2 Å². The Balaban J connectivity index is 1.26. The summed E-state index contributed by atoms with van der Waals surface area (Å²) in [5, 5.41) is 15.4. The zero-order valence-electron chi connectivity index (χ0n) is 16.1. The Labute approximate surface area is 173 Å². The van der Waals surface area contributed by atoms with E-state index in [1.165, 1.54) is 35.4 Å². The van der Waals surface area contributed by atoms with Crippen molar-refractivity contribution in [2.45, 2.75) is 51.0 Å². The first-order valence-corrected chi connectivity index (χ1v) is 11.8. The summed E-state index contributed by atoms with van der Waals surface area (Å²) in [6.45, 7) is 4.08. The number of fused-ring (bicyclic) bond motifs is 1. The quantitative estimate of drug-likeness (QED) is 0.665. The van der Waals surface area contributed by atoms with E-state index in [0.29, 0.717) is 12.0 Å². The van der Waals surface area contributed by atoms with Crippen LogP contribution in [0.3, 0.4) is 0 Å². The topological polar surface area (TPSA) is 53.9 Å². The second kappa shape index (κ2) is 7.79. The Bertz CT molecular complexity index is 927. The summed E-state index contributed by atoms with van der Waals surface area (Å²) in [6, 6.07) is 11.4. The van der Waals surface area contributed by atoms with Crippen molar-refractivity contribution < 1.29 is 0 Å². The Morgan fingerprint density at radius 2 is 1.86 bits per heavy atom. The Morgan fingerprint density at radius 1 is 1.04 bits per heavy atom. The highest BCUT2D eigenvalue weighted by Gasteiger charge is 2.27. The van der Waals surface area contributed by atoms with Gasteiger partial charge in [0.15, 0.2) is 5.13 Å². The number of benzene rings is 1. The van der Waals surface area contributed by atoms with Gasteiger partial charge in [0, 0.05) is 29.9 Å². The zero-order valence-corrected chi connectivity index (χ0v) is 17.7. The molecule has 1 aromatic carbocycles. The predicted octanol–water partition coefficient (Wildman–Crippen LogP) is 4.85. The van der Waals surface area contributed by atoms with Crippen molar-refractivity contribution in [1.29, 1.82) is 0 Å². The van der Waals surface area contributed by atoms with Gasteiger partial charge in [-0.2, -0.15) is 0 Å². The van der Waals surface area contributed by atoms with Gasteiger partial charge in [-0.3, -0.25) is 0 Å². The van der Waals surface area contributed by atoms with E-state index in [9.17, 15) is 0 Å². The lowest BCUT2D eigenvalue weighted by Crippen LogP contribution is -2.39. The fraction of sp³-hybridized carbons (Fsp3) is 0.476. The van der Waals surface area contributed by atoms with E-state index in [2.05, 4.69) is 50.7 Å². The van der Waals surface area contributed by atoms with E-state index in [1.807, 2.05) is 18.3 Å². The molecule has 0 amide bonds. The molecule has 1 saturated heterocycles. The van der Waals surface area contributed by atoms with Crippen LogP contribution in [-0.2, 0) is 6.42 Å². The monoisotopic (exact) mass is 411 g/mol. The van der Waals surface area contributed by atoms with Gasteiger partial charge < -0.3 is 10.2 Å². The van der Waals surface area contributed by atoms with E-state index in [1.54, 1.807) is 11.3 Å². The van der Waals surface area contributed by atoms with Crippen molar-refractivity contribution in [3.63, 3.8) is 0 Å². The Hall–Kier alpha value is -1.99. The van der Waals surface area contributed by atoms with Crippen LogP contribution in [0.1, 0.15) is 52.7 Å². The molecule has 0 spiro atoms. The molecule has 3 heterocycles. The molecule has 7 heteroatoms. The molecule has 1 atom stereocenters. The van der Waals surface area contributed by atoms with Crippen LogP contribution < -0.4 is 10.2 Å². The average molecular weight is 412 g/mol. The molecule has 28 heavy (non-hydrogen) atoms. The van der Waals surface area contributed by atoms with Crippen LogP contribution in [0.25, 0.3) is 0 Å². The van der Waals surface area contributed by atoms with Gasteiger partial charge in [-0.05, 0) is 44.6 Å². The molecule has 1 unspecified atom stereocenters. The average Bonchev–Trinajstić information content (AvgIpc) is 3.34. The molecule has 3 aromatic rings. The lowest BCUT2D eigenvalue weighted by molar-refractivity contribution is 0.524. The number of aromatic nitrogens is 3. The number of anilines is 2. The van der Waals surface area contributed by atoms with Crippen LogP contribution in [0.2, 0.25) is 0 Å². The van der Waals surface area contributed by atoms with Gasteiger partial charge in [-0.15, -0.1) is 21.5 Å². The van der Waals surface area contributed by atoms with E-state index in [-0.39, 0.29) is 0 Å². The summed E-state index contributed by atoms with van der Waals surface area (Å²) in [7, 11) is 0. The molecule has 2 aliphatic rings. The fourth-order valence-corrected chi connectivity index (χ4v) is 6.17. The molecule has 1 N–H and O–H groups in total. The van der Waals surface area contributed by atoms with Crippen molar-refractivity contribution >= 4 is 32.9 Å². The summed E-state index contributed by atoms with van der Waals surface area (Å²) >= 11 is 3.56. The van der Waals surface area contributed by atoms with E-state index >= 15 is 0 Å². The highest BCUT2D eigenvalue weighted by Crippen LogP contribution is 2.40. The first-order chi connectivity index (χ1) is 13.8. The third kappa shape index (κ3) is 3.65. The Morgan fingerprint density at radius 3 is 2.61 bits per heavy atom. The van der Waals surface area contributed by atoms with Gasteiger partial charge in [0.1, 0.15) is 5.01 Å². The number of hydrogen-bond acceptors (Lipinski definition) is 7. The molecular formula is C21H25N5S2. The minimum Gasteiger partial charge on any atom is -0.359 e. The number of piperidine rings is 1. The minimum absolute atomic E-state index is 0.458. The fourth-order valence-electron chi connectivity index (χ4n) is 4.29. The van der Waals surface area contributed by atoms with Crippen LogP contribution in [0.5, 0.6) is 0 Å². The third-order valence-electron chi connectivity index (χ3n) is 5.76. The van der Waals surface area contributed by atoms with Crippen molar-refractivity contribution in [1.82, 2.24) is 15.2 Å². The standard InChI is InChI=1S/C21H25N5S2/c1-14-24-25-21(27-14)26-12-10-16(11-13-26)22-20-23-19-17(8-5-9-18(19)28-20)15-6-3-2-4-7-15/h2-4,6-7,16-17H,5,8-13H2,1H3,(H,22,23).